The maximum absolute atomic E-state index is 12.0. The van der Waals surface area contributed by atoms with Crippen molar-refractivity contribution in [3.63, 3.8) is 0 Å². The topological polar surface area (TPSA) is 104 Å². The molecule has 1 saturated carbocycles. The summed E-state index contributed by atoms with van der Waals surface area (Å²) in [7, 11) is 0. The first-order chi connectivity index (χ1) is 11.1. The first-order valence-corrected chi connectivity index (χ1v) is 9.35. The lowest BCUT2D eigenvalue weighted by atomic mass is 10.1. The van der Waals surface area contributed by atoms with Crippen molar-refractivity contribution in [1.82, 2.24) is 5.32 Å². The van der Waals surface area contributed by atoms with Crippen LogP contribution in [0.2, 0.25) is 0 Å². The van der Waals surface area contributed by atoms with E-state index in [2.05, 4.69) is 5.32 Å². The third-order valence-electron chi connectivity index (χ3n) is 4.20. The van der Waals surface area contributed by atoms with Crippen molar-refractivity contribution in [3.05, 3.63) is 11.8 Å². The average molecular weight is 357 g/mol. The number of nitrogens with one attached hydrogen (secondary N) is 1. The van der Waals surface area contributed by atoms with Gasteiger partial charge in [0.25, 0.3) is 0 Å². The number of carboxylic acids is 2. The summed E-state index contributed by atoms with van der Waals surface area (Å²) in [5.74, 6) is -1.15. The predicted molar refractivity (Wildman–Crippen MR) is 93.7 cm³/mol. The Morgan fingerprint density at radius 1 is 1.29 bits per heavy atom. The summed E-state index contributed by atoms with van der Waals surface area (Å²) in [5.41, 5.74) is -0.0762. The Kier molecular flexibility index (Phi) is 7.79. The number of rotatable bonds is 11. The van der Waals surface area contributed by atoms with Crippen LogP contribution in [-0.2, 0) is 14.4 Å². The quantitative estimate of drug-likeness (QED) is 0.388. The van der Waals surface area contributed by atoms with Gasteiger partial charge >= 0.3 is 11.9 Å². The molecule has 0 spiro atoms. The number of allylic oxidation sites excluding steroid dienone is 1. The molecule has 24 heavy (non-hydrogen) atoms. The second kappa shape index (κ2) is 9.11. The van der Waals surface area contributed by atoms with Crippen LogP contribution >= 0.6 is 11.8 Å². The Morgan fingerprint density at radius 3 is 2.42 bits per heavy atom. The van der Waals surface area contributed by atoms with E-state index in [9.17, 15) is 14.4 Å². The highest BCUT2D eigenvalue weighted by molar-refractivity contribution is 7.99. The Labute approximate surface area is 147 Å². The molecule has 0 aromatic carbocycles. The van der Waals surface area contributed by atoms with Gasteiger partial charge in [0.1, 0.15) is 5.70 Å². The highest BCUT2D eigenvalue weighted by Crippen LogP contribution is 2.51. The van der Waals surface area contributed by atoms with Crippen LogP contribution in [-0.4, -0.2) is 39.6 Å². The molecule has 0 saturated heterocycles. The van der Waals surface area contributed by atoms with E-state index in [4.69, 9.17) is 10.2 Å². The molecule has 1 fully saturated rings. The summed E-state index contributed by atoms with van der Waals surface area (Å²) < 4.78 is 0. The summed E-state index contributed by atoms with van der Waals surface area (Å²) in [6.07, 6.45) is 4.60. The van der Waals surface area contributed by atoms with E-state index in [1.807, 2.05) is 13.8 Å². The molecule has 7 heteroatoms. The molecule has 0 radical (unpaired) electrons. The van der Waals surface area contributed by atoms with E-state index in [0.717, 1.165) is 25.0 Å². The predicted octanol–water partition coefficient (Wildman–Crippen LogP) is 2.74. The number of hydrogen-bond acceptors (Lipinski definition) is 4. The molecule has 3 N–H and O–H groups in total. The summed E-state index contributed by atoms with van der Waals surface area (Å²) in [5, 5.41) is 20.5. The van der Waals surface area contributed by atoms with Gasteiger partial charge in [0, 0.05) is 11.7 Å². The van der Waals surface area contributed by atoms with Gasteiger partial charge in [0.05, 0.1) is 5.92 Å². The molecule has 6 nitrogen and oxygen atoms in total. The lowest BCUT2D eigenvalue weighted by Crippen LogP contribution is -2.29. The number of carbonyl (C=O) groups excluding carboxylic acids is 1. The Balaban J connectivity index is 2.25. The first kappa shape index (κ1) is 20.5. The van der Waals surface area contributed by atoms with Crippen molar-refractivity contribution in [2.24, 2.45) is 17.3 Å². The van der Waals surface area contributed by atoms with Crippen LogP contribution in [0.1, 0.15) is 46.5 Å². The molecule has 0 heterocycles. The number of aliphatic carboxylic acids is 2. The molecule has 1 amide bonds. The van der Waals surface area contributed by atoms with Crippen LogP contribution < -0.4 is 5.32 Å². The lowest BCUT2D eigenvalue weighted by Gasteiger charge is -2.08. The van der Waals surface area contributed by atoms with Crippen LogP contribution in [0.3, 0.4) is 0 Å². The molecule has 1 aliphatic carbocycles. The van der Waals surface area contributed by atoms with Gasteiger partial charge in [0.2, 0.25) is 5.91 Å². The number of carboxylic acid groups (broad SMARTS) is 2. The van der Waals surface area contributed by atoms with Gasteiger partial charge in [0.15, 0.2) is 0 Å². The third-order valence-corrected chi connectivity index (χ3v) is 5.51. The van der Waals surface area contributed by atoms with Crippen LogP contribution in [0.5, 0.6) is 0 Å². The Bertz CT molecular complexity index is 515. The first-order valence-electron chi connectivity index (χ1n) is 8.20. The molecule has 1 aliphatic rings. The van der Waals surface area contributed by atoms with Crippen molar-refractivity contribution >= 4 is 29.6 Å². The number of thioether (sulfide) groups is 1. The smallest absolute Gasteiger partial charge is 0.352 e. The zero-order valence-electron chi connectivity index (χ0n) is 14.5. The molecule has 1 rings (SSSR count). The number of unbranched alkanes of at least 4 members (excludes halogenated alkanes) is 2. The van der Waals surface area contributed by atoms with Crippen LogP contribution in [0, 0.1) is 17.3 Å². The van der Waals surface area contributed by atoms with E-state index in [1.54, 1.807) is 24.8 Å². The van der Waals surface area contributed by atoms with Crippen molar-refractivity contribution < 1.29 is 24.6 Å². The van der Waals surface area contributed by atoms with Crippen LogP contribution in [0.4, 0.5) is 0 Å². The second-order valence-corrected chi connectivity index (χ2v) is 8.12. The molecule has 0 aromatic rings. The van der Waals surface area contributed by atoms with Crippen LogP contribution in [0.15, 0.2) is 11.8 Å². The maximum atomic E-state index is 12.0. The minimum absolute atomic E-state index is 0.0298. The molecule has 136 valence electrons. The molecule has 0 aromatic heterocycles. The van der Waals surface area contributed by atoms with E-state index < -0.39 is 11.9 Å². The summed E-state index contributed by atoms with van der Waals surface area (Å²) in [6.45, 7) is 5.66. The van der Waals surface area contributed by atoms with Gasteiger partial charge in [-0.3, -0.25) is 9.59 Å². The summed E-state index contributed by atoms with van der Waals surface area (Å²) in [6, 6.07) is 0. The number of amides is 1. The molecular weight excluding hydrogens is 330 g/mol. The Morgan fingerprint density at radius 2 is 1.92 bits per heavy atom. The fourth-order valence-corrected chi connectivity index (χ4v) is 3.32. The number of hydrogen-bond donors (Lipinski definition) is 3. The van der Waals surface area contributed by atoms with E-state index >= 15 is 0 Å². The largest absolute Gasteiger partial charge is 0.481 e. The van der Waals surface area contributed by atoms with Gasteiger partial charge in [-0.2, -0.15) is 11.8 Å². The fourth-order valence-electron chi connectivity index (χ4n) is 2.25. The lowest BCUT2D eigenvalue weighted by molar-refractivity contribution is -0.140. The van der Waals surface area contributed by atoms with Crippen molar-refractivity contribution in [3.8, 4) is 0 Å². The molecular formula is C17H27NO5S. The number of carbonyl (C=O) groups is 3. The van der Waals surface area contributed by atoms with Gasteiger partial charge in [-0.15, -0.1) is 0 Å². The maximum Gasteiger partial charge on any atom is 0.352 e. The SMILES string of the molecule is C[C@@H](CSCCCC/C=C(/NC(=O)[C@H]1CC1(C)C)C(=O)O)C(=O)O. The minimum Gasteiger partial charge on any atom is -0.481 e. The molecule has 0 unspecified atom stereocenters. The summed E-state index contributed by atoms with van der Waals surface area (Å²) in [4.78, 5) is 33.8. The molecule has 0 bridgehead atoms. The Hall–Kier alpha value is -1.50. The highest BCUT2D eigenvalue weighted by Gasteiger charge is 2.50. The minimum atomic E-state index is -1.12. The third kappa shape index (κ3) is 6.95. The van der Waals surface area contributed by atoms with Crippen molar-refractivity contribution in [2.75, 3.05) is 11.5 Å². The van der Waals surface area contributed by atoms with Crippen LogP contribution in [0.25, 0.3) is 0 Å². The normalized spacial score (nSPS) is 20.3. The van der Waals surface area contributed by atoms with Gasteiger partial charge in [-0.1, -0.05) is 26.8 Å². The van der Waals surface area contributed by atoms with Crippen molar-refractivity contribution in [1.29, 1.82) is 0 Å². The monoisotopic (exact) mass is 357 g/mol. The van der Waals surface area contributed by atoms with Gasteiger partial charge in [-0.25, -0.2) is 4.79 Å². The zero-order chi connectivity index (χ0) is 18.3. The van der Waals surface area contributed by atoms with E-state index in [-0.39, 0.29) is 28.9 Å². The highest BCUT2D eigenvalue weighted by atomic mass is 32.2. The molecule has 2 atom stereocenters. The molecule has 0 aliphatic heterocycles. The van der Waals surface area contributed by atoms with Crippen molar-refractivity contribution in [2.45, 2.75) is 46.5 Å². The second-order valence-electron chi connectivity index (χ2n) is 6.97. The van der Waals surface area contributed by atoms with Gasteiger partial charge in [-0.05, 0) is 36.9 Å². The van der Waals surface area contributed by atoms with E-state index in [0.29, 0.717) is 12.2 Å². The van der Waals surface area contributed by atoms with E-state index in [1.165, 1.54) is 0 Å². The zero-order valence-corrected chi connectivity index (χ0v) is 15.3. The fraction of sp³-hybridized carbons (Fsp3) is 0.706. The standard InChI is InChI=1S/C17H27NO5S/c1-11(15(20)21)10-24-8-6-4-5-7-13(16(22)23)18-14(19)12-9-17(12,2)3/h7,11-12H,4-6,8-10H2,1-3H3,(H,18,19)(H,20,21)(H,22,23)/b13-7+/t11-,12+/m0/s1. The average Bonchev–Trinajstić information content (AvgIpc) is 3.13. The summed E-state index contributed by atoms with van der Waals surface area (Å²) >= 11 is 1.59. The van der Waals surface area contributed by atoms with Gasteiger partial charge < -0.3 is 15.5 Å².